The van der Waals surface area contributed by atoms with Crippen molar-refractivity contribution in [3.05, 3.63) is 35.4 Å². The highest BCUT2D eigenvalue weighted by atomic mass is 16.6. The van der Waals surface area contributed by atoms with E-state index in [4.69, 9.17) is 9.84 Å². The van der Waals surface area contributed by atoms with Gasteiger partial charge in [-0.15, -0.1) is 0 Å². The fourth-order valence-electron chi connectivity index (χ4n) is 3.87. The first-order valence-electron chi connectivity index (χ1n) is 8.16. The number of aliphatic carboxylic acids is 2. The Morgan fingerprint density at radius 1 is 1.20 bits per heavy atom. The standard InChI is InChI=1S/C17H21NO7/c19-10-5-6-12-17(7-10,11-4-2-1-3-9(11)8-18-12)25-14(16(23)24)13(20)15(21)22/h1-4,10,12-14,18-20H,5-8H2,(H,21,22)(H,23,24)/t10?,12?,13-,14-,17?/m0/s1. The van der Waals surface area contributed by atoms with Crippen molar-refractivity contribution in [2.45, 2.75) is 55.8 Å². The number of nitrogens with one attached hydrogen (secondary N) is 1. The highest BCUT2D eigenvalue weighted by Crippen LogP contribution is 2.45. The van der Waals surface area contributed by atoms with E-state index in [-0.39, 0.29) is 12.5 Å². The molecule has 1 fully saturated rings. The van der Waals surface area contributed by atoms with Crippen molar-refractivity contribution in [2.75, 3.05) is 0 Å². The second kappa shape index (κ2) is 6.72. The molecule has 5 atom stereocenters. The maximum Gasteiger partial charge on any atom is 0.336 e. The summed E-state index contributed by atoms with van der Waals surface area (Å²) in [6.45, 7) is 0.571. The normalized spacial score (nSPS) is 30.6. The number of rotatable bonds is 5. The maximum absolute atomic E-state index is 11.6. The van der Waals surface area contributed by atoms with Crippen LogP contribution in [-0.4, -0.2) is 56.7 Å². The van der Waals surface area contributed by atoms with E-state index in [2.05, 4.69) is 5.32 Å². The molecular weight excluding hydrogens is 330 g/mol. The molecule has 1 heterocycles. The maximum atomic E-state index is 11.6. The molecule has 3 unspecified atom stereocenters. The van der Waals surface area contributed by atoms with E-state index in [1.165, 1.54) is 0 Å². The van der Waals surface area contributed by atoms with E-state index in [0.717, 1.165) is 11.1 Å². The zero-order chi connectivity index (χ0) is 18.2. The number of hydrogen-bond acceptors (Lipinski definition) is 6. The third-order valence-electron chi connectivity index (χ3n) is 5.02. The minimum Gasteiger partial charge on any atom is -0.479 e. The van der Waals surface area contributed by atoms with Gasteiger partial charge in [-0.3, -0.25) is 0 Å². The summed E-state index contributed by atoms with van der Waals surface area (Å²) in [7, 11) is 0. The van der Waals surface area contributed by atoms with Gasteiger partial charge in [0.25, 0.3) is 0 Å². The van der Waals surface area contributed by atoms with Crippen LogP contribution in [-0.2, 0) is 26.5 Å². The van der Waals surface area contributed by atoms with Crippen LogP contribution in [0.25, 0.3) is 0 Å². The summed E-state index contributed by atoms with van der Waals surface area (Å²) in [6, 6.07) is 7.01. The lowest BCUT2D eigenvalue weighted by atomic mass is 9.70. The Kier molecular flexibility index (Phi) is 4.79. The number of hydrogen-bond donors (Lipinski definition) is 5. The molecule has 136 valence electrons. The minimum absolute atomic E-state index is 0.123. The van der Waals surface area contributed by atoms with Gasteiger partial charge in [-0.25, -0.2) is 9.59 Å². The molecule has 0 amide bonds. The second-order valence-corrected chi connectivity index (χ2v) is 6.58. The van der Waals surface area contributed by atoms with E-state index >= 15 is 0 Å². The van der Waals surface area contributed by atoms with Crippen molar-refractivity contribution in [3.8, 4) is 0 Å². The highest BCUT2D eigenvalue weighted by Gasteiger charge is 2.52. The van der Waals surface area contributed by atoms with Gasteiger partial charge in [-0.1, -0.05) is 24.3 Å². The van der Waals surface area contributed by atoms with Crippen LogP contribution >= 0.6 is 0 Å². The molecule has 1 aliphatic heterocycles. The molecule has 1 saturated carbocycles. The average molecular weight is 351 g/mol. The van der Waals surface area contributed by atoms with Gasteiger partial charge in [0, 0.05) is 19.0 Å². The molecule has 1 aromatic rings. The summed E-state index contributed by atoms with van der Waals surface area (Å²) in [5, 5.41) is 41.7. The molecule has 3 rings (SSSR count). The zero-order valence-corrected chi connectivity index (χ0v) is 13.5. The number of ether oxygens (including phenoxy) is 1. The zero-order valence-electron chi connectivity index (χ0n) is 13.5. The summed E-state index contributed by atoms with van der Waals surface area (Å²) >= 11 is 0. The van der Waals surface area contributed by atoms with Crippen LogP contribution < -0.4 is 5.32 Å². The third-order valence-corrected chi connectivity index (χ3v) is 5.02. The van der Waals surface area contributed by atoms with Gasteiger partial charge in [0.15, 0.2) is 12.2 Å². The Morgan fingerprint density at radius 3 is 2.60 bits per heavy atom. The first kappa shape index (κ1) is 17.8. The van der Waals surface area contributed by atoms with Crippen molar-refractivity contribution in [1.82, 2.24) is 5.32 Å². The predicted molar refractivity (Wildman–Crippen MR) is 84.8 cm³/mol. The molecule has 8 heteroatoms. The fourth-order valence-corrected chi connectivity index (χ4v) is 3.87. The molecular formula is C17H21NO7. The molecule has 1 aliphatic carbocycles. The molecule has 5 N–H and O–H groups in total. The summed E-state index contributed by atoms with van der Waals surface area (Å²) in [6.07, 6.45) is -3.66. The molecule has 0 radical (unpaired) electrons. The van der Waals surface area contributed by atoms with E-state index in [0.29, 0.717) is 19.4 Å². The topological polar surface area (TPSA) is 136 Å². The minimum atomic E-state index is -2.21. The second-order valence-electron chi connectivity index (χ2n) is 6.58. The van der Waals surface area contributed by atoms with Crippen LogP contribution in [0.2, 0.25) is 0 Å². The molecule has 0 aromatic heterocycles. The molecule has 0 saturated heterocycles. The average Bonchev–Trinajstić information content (AvgIpc) is 2.58. The lowest BCUT2D eigenvalue weighted by Crippen LogP contribution is -2.61. The van der Waals surface area contributed by atoms with Crippen LogP contribution in [0, 0.1) is 0 Å². The smallest absolute Gasteiger partial charge is 0.336 e. The lowest BCUT2D eigenvalue weighted by Gasteiger charge is -2.50. The van der Waals surface area contributed by atoms with Crippen molar-refractivity contribution in [1.29, 1.82) is 0 Å². The first-order chi connectivity index (χ1) is 11.8. The molecule has 2 aliphatic rings. The van der Waals surface area contributed by atoms with Gasteiger partial charge in [0.2, 0.25) is 0 Å². The largest absolute Gasteiger partial charge is 0.479 e. The van der Waals surface area contributed by atoms with Gasteiger partial charge in [0.05, 0.1) is 6.10 Å². The van der Waals surface area contributed by atoms with Crippen molar-refractivity contribution in [3.63, 3.8) is 0 Å². The number of aliphatic hydroxyl groups excluding tert-OH is 2. The number of benzene rings is 1. The van der Waals surface area contributed by atoms with Crippen LogP contribution in [0.15, 0.2) is 24.3 Å². The Hall–Kier alpha value is -2.00. The predicted octanol–water partition coefficient (Wildman–Crippen LogP) is -0.186. The van der Waals surface area contributed by atoms with E-state index in [9.17, 15) is 24.9 Å². The summed E-state index contributed by atoms with van der Waals surface area (Å²) < 4.78 is 5.81. The van der Waals surface area contributed by atoms with Gasteiger partial charge >= 0.3 is 11.9 Å². The van der Waals surface area contributed by atoms with Crippen molar-refractivity contribution >= 4 is 11.9 Å². The number of aliphatic hydroxyl groups is 2. The SMILES string of the molecule is O=C(O)[C@@H](O)[C@H](OC12CC(O)CCC1NCc1ccccc12)C(=O)O. The van der Waals surface area contributed by atoms with Crippen LogP contribution in [0.4, 0.5) is 0 Å². The van der Waals surface area contributed by atoms with Gasteiger partial charge < -0.3 is 30.5 Å². The lowest BCUT2D eigenvalue weighted by molar-refractivity contribution is -0.207. The Labute approximate surface area is 144 Å². The van der Waals surface area contributed by atoms with Crippen LogP contribution in [0.3, 0.4) is 0 Å². The quantitative estimate of drug-likeness (QED) is 0.493. The monoisotopic (exact) mass is 351 g/mol. The first-order valence-corrected chi connectivity index (χ1v) is 8.16. The van der Waals surface area contributed by atoms with E-state index < -0.39 is 35.9 Å². The van der Waals surface area contributed by atoms with Crippen molar-refractivity contribution in [2.24, 2.45) is 0 Å². The summed E-state index contributed by atoms with van der Waals surface area (Å²) in [5.74, 6) is -3.24. The Balaban J connectivity index is 2.06. The van der Waals surface area contributed by atoms with Gasteiger partial charge in [-0.05, 0) is 24.0 Å². The van der Waals surface area contributed by atoms with Crippen LogP contribution in [0.5, 0.6) is 0 Å². The molecule has 1 aromatic carbocycles. The third kappa shape index (κ3) is 3.13. The Bertz CT molecular complexity index is 679. The molecule has 0 spiro atoms. The highest BCUT2D eigenvalue weighted by molar-refractivity contribution is 5.83. The molecule has 8 nitrogen and oxygen atoms in total. The summed E-state index contributed by atoms with van der Waals surface area (Å²) in [5.41, 5.74) is 0.398. The molecule has 25 heavy (non-hydrogen) atoms. The Morgan fingerprint density at radius 2 is 1.92 bits per heavy atom. The van der Waals surface area contributed by atoms with E-state index in [1.807, 2.05) is 12.1 Å². The van der Waals surface area contributed by atoms with Crippen LogP contribution in [0.1, 0.15) is 30.4 Å². The number of fused-ring (bicyclic) bond motifs is 3. The van der Waals surface area contributed by atoms with Gasteiger partial charge in [0.1, 0.15) is 5.60 Å². The number of carbonyl (C=O) groups is 2. The summed E-state index contributed by atoms with van der Waals surface area (Å²) in [4.78, 5) is 22.6. The molecule has 0 bridgehead atoms. The van der Waals surface area contributed by atoms with E-state index in [1.54, 1.807) is 12.1 Å². The van der Waals surface area contributed by atoms with Crippen molar-refractivity contribution < 1.29 is 34.8 Å². The van der Waals surface area contributed by atoms with Gasteiger partial charge in [-0.2, -0.15) is 0 Å². The fraction of sp³-hybridized carbons (Fsp3) is 0.529. The number of carboxylic acids is 2. The number of carboxylic acid groups (broad SMARTS) is 2.